The summed E-state index contributed by atoms with van der Waals surface area (Å²) in [4.78, 5) is 4.17. The van der Waals surface area contributed by atoms with Crippen molar-refractivity contribution in [3.8, 4) is 11.8 Å². The summed E-state index contributed by atoms with van der Waals surface area (Å²) in [7, 11) is 0. The van der Waals surface area contributed by atoms with E-state index in [4.69, 9.17) is 11.0 Å². The zero-order valence-electron chi connectivity index (χ0n) is 10.7. The number of hydrogen-bond acceptors (Lipinski definition) is 7. The summed E-state index contributed by atoms with van der Waals surface area (Å²) in [5.41, 5.74) is 7.05. The quantitative estimate of drug-likeness (QED) is 0.783. The Kier molecular flexibility index (Phi) is 3.49. The number of hydrogen-bond donors (Lipinski definition) is 1. The molecule has 2 heterocycles. The van der Waals surface area contributed by atoms with Crippen LogP contribution in [0.25, 0.3) is 5.69 Å². The molecule has 0 bridgehead atoms. The van der Waals surface area contributed by atoms with E-state index in [1.54, 1.807) is 16.8 Å². The Bertz CT molecular complexity index is 807. The first-order valence-electron chi connectivity index (χ1n) is 5.96. The van der Waals surface area contributed by atoms with Crippen LogP contribution in [-0.4, -0.2) is 25.2 Å². The third kappa shape index (κ3) is 2.68. The maximum atomic E-state index is 8.95. The number of nitrogen functional groups attached to an aromatic ring is 1. The second kappa shape index (κ2) is 5.60. The molecule has 0 atom stereocenters. The lowest BCUT2D eigenvalue weighted by atomic mass is 10.3. The van der Waals surface area contributed by atoms with Crippen molar-refractivity contribution in [1.82, 2.24) is 25.2 Å². The summed E-state index contributed by atoms with van der Waals surface area (Å²) in [5.74, 6) is 0. The normalized spacial score (nSPS) is 10.2. The summed E-state index contributed by atoms with van der Waals surface area (Å²) < 4.78 is 1.61. The van der Waals surface area contributed by atoms with Crippen LogP contribution in [0.5, 0.6) is 0 Å². The minimum absolute atomic E-state index is 0.193. The van der Waals surface area contributed by atoms with Crippen LogP contribution < -0.4 is 5.73 Å². The van der Waals surface area contributed by atoms with Crippen molar-refractivity contribution in [1.29, 1.82) is 5.26 Å². The molecule has 0 spiro atoms. The lowest BCUT2D eigenvalue weighted by Crippen LogP contribution is -1.99. The summed E-state index contributed by atoms with van der Waals surface area (Å²) in [6.45, 7) is 0. The smallest absolute Gasteiger partial charge is 0.220 e. The number of pyridine rings is 1. The van der Waals surface area contributed by atoms with Crippen LogP contribution in [-0.2, 0) is 0 Å². The van der Waals surface area contributed by atoms with E-state index in [0.717, 1.165) is 5.69 Å². The molecule has 0 aliphatic carbocycles. The Hall–Kier alpha value is -2.92. The highest BCUT2D eigenvalue weighted by molar-refractivity contribution is 7.99. The fourth-order valence-corrected chi connectivity index (χ4v) is 2.43. The van der Waals surface area contributed by atoms with Crippen LogP contribution in [0.2, 0.25) is 0 Å². The molecule has 21 heavy (non-hydrogen) atoms. The molecule has 0 saturated heterocycles. The fraction of sp³-hybridized carbons (Fsp3) is 0. The molecule has 0 aliphatic rings. The minimum Gasteiger partial charge on any atom is -0.396 e. The first kappa shape index (κ1) is 13.1. The van der Waals surface area contributed by atoms with Gasteiger partial charge in [0.05, 0.1) is 11.4 Å². The van der Waals surface area contributed by atoms with E-state index in [0.29, 0.717) is 15.9 Å². The zero-order chi connectivity index (χ0) is 14.7. The number of para-hydroxylation sites is 1. The second-order valence-corrected chi connectivity index (χ2v) is 5.00. The van der Waals surface area contributed by atoms with Crippen molar-refractivity contribution in [2.75, 3.05) is 5.73 Å². The molecule has 2 aromatic heterocycles. The van der Waals surface area contributed by atoms with Gasteiger partial charge in [-0.15, -0.1) is 5.10 Å². The summed E-state index contributed by atoms with van der Waals surface area (Å²) in [6, 6.07) is 14.8. The van der Waals surface area contributed by atoms with Crippen molar-refractivity contribution in [2.45, 2.75) is 10.2 Å². The monoisotopic (exact) mass is 295 g/mol. The third-order valence-electron chi connectivity index (χ3n) is 2.64. The molecule has 0 fully saturated rings. The van der Waals surface area contributed by atoms with E-state index in [1.807, 2.05) is 36.4 Å². The van der Waals surface area contributed by atoms with E-state index < -0.39 is 0 Å². The standard InChI is InChI=1S/C13H9N7S/c14-8-11-10(15)6-7-12(16-11)21-13-17-18-19-20(13)9-4-2-1-3-5-9/h1-7H,15H2. The summed E-state index contributed by atoms with van der Waals surface area (Å²) in [5, 5.41) is 21.7. The fourth-order valence-electron chi connectivity index (χ4n) is 1.67. The average Bonchev–Trinajstić information content (AvgIpc) is 2.98. The maximum absolute atomic E-state index is 8.95. The first-order chi connectivity index (χ1) is 10.3. The Morgan fingerprint density at radius 1 is 1.14 bits per heavy atom. The molecule has 3 rings (SSSR count). The van der Waals surface area contributed by atoms with Crippen LogP contribution >= 0.6 is 11.8 Å². The van der Waals surface area contributed by atoms with Crippen molar-refractivity contribution >= 4 is 17.4 Å². The predicted octanol–water partition coefficient (Wildman–Crippen LogP) is 1.66. The molecule has 102 valence electrons. The highest BCUT2D eigenvalue weighted by Gasteiger charge is 2.11. The molecule has 0 radical (unpaired) electrons. The molecule has 7 nitrogen and oxygen atoms in total. The van der Waals surface area contributed by atoms with Crippen molar-refractivity contribution < 1.29 is 0 Å². The molecule has 0 saturated carbocycles. The van der Waals surface area contributed by atoms with Gasteiger partial charge in [0.2, 0.25) is 5.16 Å². The van der Waals surface area contributed by atoms with Crippen LogP contribution in [0.1, 0.15) is 5.69 Å². The van der Waals surface area contributed by atoms with E-state index >= 15 is 0 Å². The van der Waals surface area contributed by atoms with Gasteiger partial charge >= 0.3 is 0 Å². The van der Waals surface area contributed by atoms with Crippen LogP contribution in [0, 0.1) is 11.3 Å². The summed E-state index contributed by atoms with van der Waals surface area (Å²) >= 11 is 1.26. The molecule has 0 amide bonds. The Balaban J connectivity index is 1.94. The molecular formula is C13H9N7S. The highest BCUT2D eigenvalue weighted by Crippen LogP contribution is 2.26. The second-order valence-electron chi connectivity index (χ2n) is 4.01. The maximum Gasteiger partial charge on any atom is 0.220 e. The number of nitrogens with two attached hydrogens (primary N) is 1. The van der Waals surface area contributed by atoms with Crippen molar-refractivity contribution in [2.24, 2.45) is 0 Å². The number of nitrogens with zero attached hydrogens (tertiary/aromatic N) is 6. The highest BCUT2D eigenvalue weighted by atomic mass is 32.2. The van der Waals surface area contributed by atoms with E-state index in [9.17, 15) is 0 Å². The predicted molar refractivity (Wildman–Crippen MR) is 76.6 cm³/mol. The van der Waals surface area contributed by atoms with Crippen molar-refractivity contribution in [3.63, 3.8) is 0 Å². The molecular weight excluding hydrogens is 286 g/mol. The zero-order valence-corrected chi connectivity index (χ0v) is 11.5. The number of rotatable bonds is 3. The van der Waals surface area contributed by atoms with Gasteiger partial charge in [-0.1, -0.05) is 18.2 Å². The third-order valence-corrected chi connectivity index (χ3v) is 3.52. The molecule has 3 aromatic rings. The SMILES string of the molecule is N#Cc1nc(Sc2nnnn2-c2ccccc2)ccc1N. The van der Waals surface area contributed by atoms with Gasteiger partial charge in [-0.25, -0.2) is 4.98 Å². The van der Waals surface area contributed by atoms with E-state index in [2.05, 4.69) is 20.5 Å². The van der Waals surface area contributed by atoms with Gasteiger partial charge in [-0.05, 0) is 46.5 Å². The van der Waals surface area contributed by atoms with Gasteiger partial charge < -0.3 is 5.73 Å². The van der Waals surface area contributed by atoms with E-state index in [1.165, 1.54) is 11.8 Å². The Labute approximate surface area is 124 Å². The Morgan fingerprint density at radius 2 is 1.95 bits per heavy atom. The Morgan fingerprint density at radius 3 is 2.71 bits per heavy atom. The van der Waals surface area contributed by atoms with Gasteiger partial charge in [-0.3, -0.25) is 0 Å². The largest absolute Gasteiger partial charge is 0.396 e. The van der Waals surface area contributed by atoms with E-state index in [-0.39, 0.29) is 5.69 Å². The number of anilines is 1. The topological polar surface area (TPSA) is 106 Å². The summed E-state index contributed by atoms with van der Waals surface area (Å²) in [6.07, 6.45) is 0. The van der Waals surface area contributed by atoms with Gasteiger partial charge in [0.15, 0.2) is 5.69 Å². The number of aromatic nitrogens is 5. The van der Waals surface area contributed by atoms with Gasteiger partial charge in [0.25, 0.3) is 0 Å². The molecule has 8 heteroatoms. The first-order valence-corrected chi connectivity index (χ1v) is 6.78. The minimum atomic E-state index is 0.193. The van der Waals surface area contributed by atoms with Crippen LogP contribution in [0.15, 0.2) is 52.6 Å². The number of tetrazole rings is 1. The number of benzene rings is 1. The van der Waals surface area contributed by atoms with Crippen molar-refractivity contribution in [3.05, 3.63) is 48.2 Å². The van der Waals surface area contributed by atoms with Gasteiger partial charge in [0, 0.05) is 0 Å². The lowest BCUT2D eigenvalue weighted by Gasteiger charge is -2.04. The van der Waals surface area contributed by atoms with Gasteiger partial charge in [0.1, 0.15) is 11.1 Å². The molecule has 2 N–H and O–H groups in total. The lowest BCUT2D eigenvalue weighted by molar-refractivity contribution is 0.756. The molecule has 1 aromatic carbocycles. The molecule has 0 aliphatic heterocycles. The number of nitriles is 1. The average molecular weight is 295 g/mol. The van der Waals surface area contributed by atoms with Crippen LogP contribution in [0.3, 0.4) is 0 Å². The van der Waals surface area contributed by atoms with Gasteiger partial charge in [-0.2, -0.15) is 9.94 Å². The molecule has 0 unspecified atom stereocenters. The van der Waals surface area contributed by atoms with Crippen LogP contribution in [0.4, 0.5) is 5.69 Å².